The van der Waals surface area contributed by atoms with Gasteiger partial charge in [0.2, 0.25) is 0 Å². The van der Waals surface area contributed by atoms with E-state index in [1.165, 1.54) is 7.11 Å². The van der Waals surface area contributed by atoms with Crippen LogP contribution < -0.4 is 10.6 Å². The number of aromatic nitrogens is 2. The van der Waals surface area contributed by atoms with E-state index >= 15 is 0 Å². The zero-order valence-corrected chi connectivity index (χ0v) is 13.5. The van der Waals surface area contributed by atoms with Gasteiger partial charge in [0, 0.05) is 25.1 Å². The van der Waals surface area contributed by atoms with Gasteiger partial charge in [-0.15, -0.1) is 0 Å². The van der Waals surface area contributed by atoms with Crippen molar-refractivity contribution in [3.05, 3.63) is 11.4 Å². The molecule has 6 heteroatoms. The van der Waals surface area contributed by atoms with E-state index in [1.807, 2.05) is 6.92 Å². The number of hydrogen-bond acceptors (Lipinski definition) is 6. The van der Waals surface area contributed by atoms with Gasteiger partial charge in [-0.3, -0.25) is 4.79 Å². The molecule has 21 heavy (non-hydrogen) atoms. The minimum Gasteiger partial charge on any atom is -0.469 e. The molecule has 0 aliphatic carbocycles. The number of esters is 1. The van der Waals surface area contributed by atoms with Crippen LogP contribution >= 0.6 is 0 Å². The molecular formula is C15H26N4O2. The molecule has 0 atom stereocenters. The third-order valence-corrected chi connectivity index (χ3v) is 3.06. The quantitative estimate of drug-likeness (QED) is 0.682. The first kappa shape index (κ1) is 17.2. The highest BCUT2D eigenvalue weighted by Crippen LogP contribution is 2.20. The van der Waals surface area contributed by atoms with Gasteiger partial charge in [0.25, 0.3) is 0 Å². The van der Waals surface area contributed by atoms with E-state index < -0.39 is 0 Å². The highest BCUT2D eigenvalue weighted by molar-refractivity contribution is 5.70. The molecule has 0 saturated carbocycles. The third kappa shape index (κ3) is 5.57. The van der Waals surface area contributed by atoms with Crippen LogP contribution in [0.3, 0.4) is 0 Å². The van der Waals surface area contributed by atoms with Crippen molar-refractivity contribution in [2.75, 3.05) is 30.8 Å². The summed E-state index contributed by atoms with van der Waals surface area (Å²) in [6.45, 7) is 7.58. The molecule has 1 rings (SSSR count). The smallest absolute Gasteiger partial charge is 0.307 e. The fraction of sp³-hybridized carbons (Fsp3) is 0.667. The lowest BCUT2D eigenvalue weighted by molar-refractivity contribution is -0.140. The second-order valence-corrected chi connectivity index (χ2v) is 4.89. The molecule has 0 aromatic carbocycles. The van der Waals surface area contributed by atoms with Crippen LogP contribution in [0.5, 0.6) is 0 Å². The summed E-state index contributed by atoms with van der Waals surface area (Å²) in [5.41, 5.74) is 0.980. The maximum atomic E-state index is 11.2. The fourth-order valence-corrected chi connectivity index (χ4v) is 1.87. The van der Waals surface area contributed by atoms with E-state index in [-0.39, 0.29) is 5.97 Å². The molecule has 1 aromatic heterocycles. The van der Waals surface area contributed by atoms with Crippen LogP contribution in [0.25, 0.3) is 0 Å². The molecule has 0 radical (unpaired) electrons. The van der Waals surface area contributed by atoms with Gasteiger partial charge in [-0.2, -0.15) is 0 Å². The Morgan fingerprint density at radius 1 is 1.10 bits per heavy atom. The molecule has 0 amide bonds. The number of nitrogens with one attached hydrogen (secondary N) is 2. The van der Waals surface area contributed by atoms with Crippen molar-refractivity contribution in [2.24, 2.45) is 0 Å². The largest absolute Gasteiger partial charge is 0.469 e. The van der Waals surface area contributed by atoms with Crippen molar-refractivity contribution in [1.82, 2.24) is 9.97 Å². The van der Waals surface area contributed by atoms with E-state index in [0.717, 1.165) is 48.8 Å². The minimum atomic E-state index is -0.229. The molecule has 1 heterocycles. The molecule has 0 aliphatic heterocycles. The van der Waals surface area contributed by atoms with Gasteiger partial charge in [-0.05, 0) is 19.8 Å². The first-order valence-electron chi connectivity index (χ1n) is 7.54. The lowest BCUT2D eigenvalue weighted by atomic mass is 10.2. The third-order valence-electron chi connectivity index (χ3n) is 3.06. The van der Waals surface area contributed by atoms with Gasteiger partial charge in [-0.25, -0.2) is 9.97 Å². The summed E-state index contributed by atoms with van der Waals surface area (Å²) in [7, 11) is 1.39. The van der Waals surface area contributed by atoms with Crippen molar-refractivity contribution in [2.45, 2.75) is 46.5 Å². The van der Waals surface area contributed by atoms with Crippen molar-refractivity contribution >= 4 is 17.6 Å². The van der Waals surface area contributed by atoms with E-state index in [1.54, 1.807) is 0 Å². The van der Waals surface area contributed by atoms with Gasteiger partial charge < -0.3 is 15.4 Å². The lowest BCUT2D eigenvalue weighted by Crippen LogP contribution is -2.14. The molecule has 0 unspecified atom stereocenters. The van der Waals surface area contributed by atoms with Crippen LogP contribution in [-0.2, 0) is 16.0 Å². The molecule has 0 aliphatic rings. The number of carbonyl (C=O) groups is 1. The van der Waals surface area contributed by atoms with Gasteiger partial charge in [0.05, 0.1) is 13.5 Å². The molecule has 0 saturated heterocycles. The predicted molar refractivity (Wildman–Crippen MR) is 84.7 cm³/mol. The summed E-state index contributed by atoms with van der Waals surface area (Å²) in [5.74, 6) is 2.25. The molecule has 0 spiro atoms. The Bertz CT molecular complexity index is 463. The van der Waals surface area contributed by atoms with Gasteiger partial charge >= 0.3 is 5.97 Å². The minimum absolute atomic E-state index is 0.229. The van der Waals surface area contributed by atoms with E-state index in [0.29, 0.717) is 13.0 Å². The van der Waals surface area contributed by atoms with Gasteiger partial charge in [0.1, 0.15) is 17.5 Å². The number of ether oxygens (including phenoxy) is 1. The zero-order valence-electron chi connectivity index (χ0n) is 13.5. The highest BCUT2D eigenvalue weighted by atomic mass is 16.5. The SMILES string of the molecule is CCCNc1nc(CCC)nc(NCCC(=O)OC)c1C. The van der Waals surface area contributed by atoms with Crippen LogP contribution in [0.2, 0.25) is 0 Å². The van der Waals surface area contributed by atoms with Gasteiger partial charge in [0.15, 0.2) is 0 Å². The Morgan fingerprint density at radius 3 is 2.24 bits per heavy atom. The second kappa shape index (κ2) is 9.15. The Hall–Kier alpha value is -1.85. The van der Waals surface area contributed by atoms with Crippen LogP contribution in [0, 0.1) is 6.92 Å². The predicted octanol–water partition coefficient (Wildman–Crippen LogP) is 2.53. The zero-order chi connectivity index (χ0) is 15.7. The summed E-state index contributed by atoms with van der Waals surface area (Å²) in [6, 6.07) is 0. The topological polar surface area (TPSA) is 76.1 Å². The number of hydrogen-bond donors (Lipinski definition) is 2. The fourth-order valence-electron chi connectivity index (χ4n) is 1.87. The number of rotatable bonds is 9. The second-order valence-electron chi connectivity index (χ2n) is 4.89. The Labute approximate surface area is 126 Å². The Balaban J connectivity index is 2.83. The summed E-state index contributed by atoms with van der Waals surface area (Å²) in [5, 5.41) is 6.53. The van der Waals surface area contributed by atoms with Crippen LogP contribution in [0.15, 0.2) is 0 Å². The maximum Gasteiger partial charge on any atom is 0.307 e. The van der Waals surface area contributed by atoms with Crippen LogP contribution in [0.1, 0.15) is 44.5 Å². The average Bonchev–Trinajstić information content (AvgIpc) is 2.48. The van der Waals surface area contributed by atoms with Crippen molar-refractivity contribution in [1.29, 1.82) is 0 Å². The number of carbonyl (C=O) groups excluding carboxylic acids is 1. The molecule has 118 valence electrons. The van der Waals surface area contributed by atoms with E-state index in [2.05, 4.69) is 39.2 Å². The van der Waals surface area contributed by atoms with E-state index in [9.17, 15) is 4.79 Å². The van der Waals surface area contributed by atoms with E-state index in [4.69, 9.17) is 0 Å². The number of anilines is 2. The lowest BCUT2D eigenvalue weighted by Gasteiger charge is -2.14. The van der Waals surface area contributed by atoms with Crippen molar-refractivity contribution < 1.29 is 9.53 Å². The summed E-state index contributed by atoms with van der Waals surface area (Å²) in [4.78, 5) is 20.3. The van der Waals surface area contributed by atoms with Gasteiger partial charge in [-0.1, -0.05) is 13.8 Å². The van der Waals surface area contributed by atoms with Crippen molar-refractivity contribution in [3.63, 3.8) is 0 Å². The highest BCUT2D eigenvalue weighted by Gasteiger charge is 2.10. The Morgan fingerprint density at radius 2 is 1.71 bits per heavy atom. The van der Waals surface area contributed by atoms with Crippen LogP contribution in [0.4, 0.5) is 11.6 Å². The number of methoxy groups -OCH3 is 1. The normalized spacial score (nSPS) is 10.3. The molecule has 0 bridgehead atoms. The average molecular weight is 294 g/mol. The molecule has 2 N–H and O–H groups in total. The summed E-state index contributed by atoms with van der Waals surface area (Å²) in [6.07, 6.45) is 3.20. The molecule has 0 fully saturated rings. The van der Waals surface area contributed by atoms with Crippen LogP contribution in [-0.4, -0.2) is 36.1 Å². The summed E-state index contributed by atoms with van der Waals surface area (Å²) >= 11 is 0. The first-order chi connectivity index (χ1) is 10.1. The molecular weight excluding hydrogens is 268 g/mol. The maximum absolute atomic E-state index is 11.2. The van der Waals surface area contributed by atoms with Crippen molar-refractivity contribution in [3.8, 4) is 0 Å². The number of nitrogens with zero attached hydrogens (tertiary/aromatic N) is 2. The first-order valence-corrected chi connectivity index (χ1v) is 7.54. The molecule has 6 nitrogen and oxygen atoms in total. The monoisotopic (exact) mass is 294 g/mol. The standard InChI is InChI=1S/C15H26N4O2/c1-5-7-12-18-14(16-9-6-2)11(3)15(19-12)17-10-8-13(20)21-4/h5-10H2,1-4H3,(H2,16,17,18,19). The Kier molecular flexibility index (Phi) is 7.50. The number of aryl methyl sites for hydroxylation is 1. The molecule has 1 aromatic rings. The summed E-state index contributed by atoms with van der Waals surface area (Å²) < 4.78 is 4.63.